The quantitative estimate of drug-likeness (QED) is 0.883. The van der Waals surface area contributed by atoms with E-state index in [1.165, 1.54) is 35.9 Å². The predicted molar refractivity (Wildman–Crippen MR) is 83.8 cm³/mol. The normalized spacial score (nSPS) is 26.1. The summed E-state index contributed by atoms with van der Waals surface area (Å²) in [6.45, 7) is 4.24. The largest absolute Gasteiger partial charge is 0.381 e. The van der Waals surface area contributed by atoms with Crippen molar-refractivity contribution in [3.63, 3.8) is 0 Å². The molecule has 2 unspecified atom stereocenters. The van der Waals surface area contributed by atoms with Gasteiger partial charge in [-0.15, -0.1) is 11.3 Å². The van der Waals surface area contributed by atoms with Crippen LogP contribution in [-0.2, 0) is 11.2 Å². The maximum atomic E-state index is 5.47. The molecule has 1 aromatic heterocycles. The van der Waals surface area contributed by atoms with Crippen molar-refractivity contribution in [3.05, 3.63) is 20.3 Å². The lowest BCUT2D eigenvalue weighted by Crippen LogP contribution is -2.39. The van der Waals surface area contributed by atoms with Gasteiger partial charge in [-0.25, -0.2) is 0 Å². The lowest BCUT2D eigenvalue weighted by Gasteiger charge is -2.33. The highest BCUT2D eigenvalue weighted by molar-refractivity contribution is 9.11. The number of ether oxygens (including phenoxy) is 1. The Kier molecular flexibility index (Phi) is 4.62. The SMILES string of the molecule is CC(NC1CCCc2sc(Br)cc21)C1CCOCC1. The van der Waals surface area contributed by atoms with Crippen molar-refractivity contribution in [3.8, 4) is 0 Å². The Morgan fingerprint density at radius 1 is 1.37 bits per heavy atom. The van der Waals surface area contributed by atoms with E-state index in [-0.39, 0.29) is 0 Å². The van der Waals surface area contributed by atoms with Gasteiger partial charge in [-0.1, -0.05) is 0 Å². The first-order chi connectivity index (χ1) is 9.24. The molecule has 0 radical (unpaired) electrons. The molecular weight excluding hydrogens is 322 g/mol. The molecule has 0 saturated carbocycles. The van der Waals surface area contributed by atoms with Crippen LogP contribution >= 0.6 is 27.3 Å². The maximum absolute atomic E-state index is 5.47. The van der Waals surface area contributed by atoms with Gasteiger partial charge in [0.1, 0.15) is 0 Å². The number of halogens is 1. The van der Waals surface area contributed by atoms with Crippen LogP contribution in [0.5, 0.6) is 0 Å². The van der Waals surface area contributed by atoms with E-state index in [9.17, 15) is 0 Å². The summed E-state index contributed by atoms with van der Waals surface area (Å²) in [7, 11) is 0. The molecule has 2 heterocycles. The van der Waals surface area contributed by atoms with Gasteiger partial charge in [0.05, 0.1) is 3.79 Å². The first-order valence-electron chi connectivity index (χ1n) is 7.36. The molecule has 4 heteroatoms. The summed E-state index contributed by atoms with van der Waals surface area (Å²) in [6, 6.07) is 3.48. The fourth-order valence-corrected chi connectivity index (χ4v) is 5.18. The van der Waals surface area contributed by atoms with Gasteiger partial charge in [-0.05, 0) is 72.5 Å². The van der Waals surface area contributed by atoms with Crippen LogP contribution < -0.4 is 5.32 Å². The zero-order valence-electron chi connectivity index (χ0n) is 11.5. The van der Waals surface area contributed by atoms with Crippen molar-refractivity contribution in [2.45, 2.75) is 51.1 Å². The number of hydrogen-bond acceptors (Lipinski definition) is 3. The highest BCUT2D eigenvalue weighted by Gasteiger charge is 2.27. The minimum absolute atomic E-state index is 0.559. The van der Waals surface area contributed by atoms with Crippen LogP contribution in [0.25, 0.3) is 0 Å². The second kappa shape index (κ2) is 6.25. The number of aryl methyl sites for hydroxylation is 1. The number of hydrogen-bond donors (Lipinski definition) is 1. The predicted octanol–water partition coefficient (Wildman–Crippen LogP) is 4.29. The molecule has 106 valence electrons. The zero-order valence-corrected chi connectivity index (χ0v) is 13.9. The monoisotopic (exact) mass is 343 g/mol. The molecule has 0 aromatic carbocycles. The highest BCUT2D eigenvalue weighted by atomic mass is 79.9. The smallest absolute Gasteiger partial charge is 0.0704 e. The second-order valence-corrected chi connectivity index (χ2v) is 8.29. The van der Waals surface area contributed by atoms with Crippen LogP contribution in [0.2, 0.25) is 0 Å². The summed E-state index contributed by atoms with van der Waals surface area (Å²) in [4.78, 5) is 1.58. The molecule has 3 rings (SSSR count). The molecule has 19 heavy (non-hydrogen) atoms. The third kappa shape index (κ3) is 3.23. The minimum atomic E-state index is 0.559. The summed E-state index contributed by atoms with van der Waals surface area (Å²) in [5, 5.41) is 3.89. The summed E-state index contributed by atoms with van der Waals surface area (Å²) in [5.41, 5.74) is 1.54. The van der Waals surface area contributed by atoms with E-state index in [2.05, 4.69) is 34.2 Å². The van der Waals surface area contributed by atoms with Gasteiger partial charge in [0.25, 0.3) is 0 Å². The van der Waals surface area contributed by atoms with Gasteiger partial charge in [0, 0.05) is 30.2 Å². The first-order valence-corrected chi connectivity index (χ1v) is 8.97. The van der Waals surface area contributed by atoms with E-state index in [1.54, 1.807) is 10.4 Å². The molecule has 2 atom stereocenters. The van der Waals surface area contributed by atoms with Crippen molar-refractivity contribution in [1.29, 1.82) is 0 Å². The molecule has 1 fully saturated rings. The van der Waals surface area contributed by atoms with E-state index < -0.39 is 0 Å². The standard InChI is InChI=1S/C15H22BrNOS/c1-10(11-5-7-18-8-6-11)17-13-3-2-4-14-12(13)9-15(16)19-14/h9-11,13,17H,2-8H2,1H3. The van der Waals surface area contributed by atoms with E-state index in [1.807, 2.05) is 11.3 Å². The Morgan fingerprint density at radius 2 is 2.16 bits per heavy atom. The average molecular weight is 344 g/mol. The van der Waals surface area contributed by atoms with Crippen LogP contribution in [0.3, 0.4) is 0 Å². The Bertz CT molecular complexity index is 428. The molecule has 1 aliphatic carbocycles. The van der Waals surface area contributed by atoms with Crippen LogP contribution in [0.1, 0.15) is 49.1 Å². The molecule has 2 aliphatic rings. The molecule has 1 aromatic rings. The Morgan fingerprint density at radius 3 is 2.95 bits per heavy atom. The van der Waals surface area contributed by atoms with Crippen LogP contribution in [-0.4, -0.2) is 19.3 Å². The van der Waals surface area contributed by atoms with Crippen molar-refractivity contribution < 1.29 is 4.74 Å². The van der Waals surface area contributed by atoms with Gasteiger partial charge in [0.2, 0.25) is 0 Å². The summed E-state index contributed by atoms with van der Waals surface area (Å²) >= 11 is 5.55. The fraction of sp³-hybridized carbons (Fsp3) is 0.733. The lowest BCUT2D eigenvalue weighted by molar-refractivity contribution is 0.0540. The number of rotatable bonds is 3. The topological polar surface area (TPSA) is 21.3 Å². The Labute approximate surface area is 128 Å². The van der Waals surface area contributed by atoms with E-state index in [4.69, 9.17) is 4.74 Å². The summed E-state index contributed by atoms with van der Waals surface area (Å²) in [6.07, 6.45) is 6.28. The third-order valence-corrected chi connectivity index (χ3v) is 6.23. The number of fused-ring (bicyclic) bond motifs is 1. The number of thiophene rings is 1. The summed E-state index contributed by atoms with van der Waals surface area (Å²) in [5.74, 6) is 0.779. The zero-order chi connectivity index (χ0) is 13.2. The molecule has 1 saturated heterocycles. The van der Waals surface area contributed by atoms with Gasteiger partial charge in [-0.3, -0.25) is 0 Å². The number of nitrogens with one attached hydrogen (secondary N) is 1. The van der Waals surface area contributed by atoms with Gasteiger partial charge < -0.3 is 10.1 Å². The Balaban J connectivity index is 1.66. The van der Waals surface area contributed by atoms with Crippen molar-refractivity contribution in [2.24, 2.45) is 5.92 Å². The highest BCUT2D eigenvalue weighted by Crippen LogP contribution is 2.38. The molecule has 2 nitrogen and oxygen atoms in total. The fourth-order valence-electron chi connectivity index (χ4n) is 3.36. The molecule has 0 amide bonds. The molecule has 0 spiro atoms. The Hall–Kier alpha value is 0.1000. The average Bonchev–Trinajstić information content (AvgIpc) is 2.81. The first kappa shape index (κ1) is 14.1. The second-order valence-electron chi connectivity index (χ2n) is 5.78. The molecular formula is C15H22BrNOS. The maximum Gasteiger partial charge on any atom is 0.0704 e. The van der Waals surface area contributed by atoms with Crippen LogP contribution in [0.4, 0.5) is 0 Å². The summed E-state index contributed by atoms with van der Waals surface area (Å²) < 4.78 is 6.75. The van der Waals surface area contributed by atoms with Gasteiger partial charge in [0.15, 0.2) is 0 Å². The van der Waals surface area contributed by atoms with E-state index >= 15 is 0 Å². The van der Waals surface area contributed by atoms with Crippen LogP contribution in [0, 0.1) is 5.92 Å². The van der Waals surface area contributed by atoms with Crippen molar-refractivity contribution in [1.82, 2.24) is 5.32 Å². The van der Waals surface area contributed by atoms with Crippen molar-refractivity contribution >= 4 is 27.3 Å². The van der Waals surface area contributed by atoms with Gasteiger partial charge in [-0.2, -0.15) is 0 Å². The molecule has 0 bridgehead atoms. The van der Waals surface area contributed by atoms with Crippen LogP contribution in [0.15, 0.2) is 9.85 Å². The molecule has 1 N–H and O–H groups in total. The molecule has 1 aliphatic heterocycles. The van der Waals surface area contributed by atoms with Gasteiger partial charge >= 0.3 is 0 Å². The van der Waals surface area contributed by atoms with E-state index in [0.717, 1.165) is 19.1 Å². The van der Waals surface area contributed by atoms with Crippen molar-refractivity contribution in [2.75, 3.05) is 13.2 Å². The lowest BCUT2D eigenvalue weighted by atomic mass is 9.89. The third-order valence-electron chi connectivity index (χ3n) is 4.52. The van der Waals surface area contributed by atoms with E-state index in [0.29, 0.717) is 12.1 Å². The minimum Gasteiger partial charge on any atom is -0.381 e.